The molecule has 0 radical (unpaired) electrons. The highest BCUT2D eigenvalue weighted by molar-refractivity contribution is 5.61. The number of aromatic nitrogens is 4. The summed E-state index contributed by atoms with van der Waals surface area (Å²) in [5.41, 5.74) is 6.30. The first-order valence-corrected chi connectivity index (χ1v) is 6.05. The smallest absolute Gasteiger partial charge is 0.182 e. The Balaban J connectivity index is 2.25. The van der Waals surface area contributed by atoms with Crippen molar-refractivity contribution in [3.8, 4) is 11.4 Å². The molecule has 1 atom stereocenters. The van der Waals surface area contributed by atoms with Crippen molar-refractivity contribution in [3.63, 3.8) is 0 Å². The fraction of sp³-hybridized carbons (Fsp3) is 0.417. The van der Waals surface area contributed by atoms with Crippen molar-refractivity contribution in [1.29, 1.82) is 0 Å². The van der Waals surface area contributed by atoms with Gasteiger partial charge in [0.2, 0.25) is 0 Å². The van der Waals surface area contributed by atoms with Gasteiger partial charge in [0.05, 0.1) is 18.3 Å². The molecule has 2 rings (SSSR count). The molecule has 0 aliphatic heterocycles. The van der Waals surface area contributed by atoms with Crippen LogP contribution in [0, 0.1) is 5.82 Å². The standard InChI is InChI=1S/C12H16FN5O/c1-3-19-8(2)7-18-12(15-16-17-18)9-4-5-10(13)11(14)6-9/h4-6,8H,3,7,14H2,1-2H3. The Morgan fingerprint density at radius 2 is 2.26 bits per heavy atom. The van der Waals surface area contributed by atoms with Crippen LogP contribution in [0.3, 0.4) is 0 Å². The van der Waals surface area contributed by atoms with E-state index < -0.39 is 5.82 Å². The molecule has 1 aromatic heterocycles. The van der Waals surface area contributed by atoms with E-state index in [1.165, 1.54) is 12.1 Å². The van der Waals surface area contributed by atoms with Crippen molar-refractivity contribution in [2.45, 2.75) is 26.5 Å². The number of anilines is 1. The monoisotopic (exact) mass is 265 g/mol. The summed E-state index contributed by atoms with van der Waals surface area (Å²) in [6, 6.07) is 4.41. The average molecular weight is 265 g/mol. The number of hydrogen-bond donors (Lipinski definition) is 1. The fourth-order valence-electron chi connectivity index (χ4n) is 1.80. The van der Waals surface area contributed by atoms with Gasteiger partial charge in [0.15, 0.2) is 5.82 Å². The van der Waals surface area contributed by atoms with E-state index in [1.807, 2.05) is 13.8 Å². The number of benzene rings is 1. The Kier molecular flexibility index (Phi) is 4.06. The number of nitrogen functional groups attached to an aromatic ring is 1. The largest absolute Gasteiger partial charge is 0.396 e. The molecule has 2 N–H and O–H groups in total. The molecular weight excluding hydrogens is 249 g/mol. The Morgan fingerprint density at radius 1 is 1.47 bits per heavy atom. The number of hydrogen-bond acceptors (Lipinski definition) is 5. The van der Waals surface area contributed by atoms with Crippen LogP contribution in [0.25, 0.3) is 11.4 Å². The zero-order chi connectivity index (χ0) is 13.8. The number of rotatable bonds is 5. The molecule has 1 unspecified atom stereocenters. The minimum absolute atomic E-state index is 0.00922. The molecule has 0 saturated carbocycles. The third-order valence-corrected chi connectivity index (χ3v) is 2.67. The van der Waals surface area contributed by atoms with Crippen LogP contribution in [-0.4, -0.2) is 32.9 Å². The van der Waals surface area contributed by atoms with E-state index in [1.54, 1.807) is 10.7 Å². The van der Waals surface area contributed by atoms with Crippen LogP contribution in [0.2, 0.25) is 0 Å². The maximum Gasteiger partial charge on any atom is 0.182 e. The van der Waals surface area contributed by atoms with Crippen LogP contribution in [0.1, 0.15) is 13.8 Å². The molecule has 0 aliphatic carbocycles. The van der Waals surface area contributed by atoms with Gasteiger partial charge in [-0.15, -0.1) is 5.10 Å². The summed E-state index contributed by atoms with van der Waals surface area (Å²) >= 11 is 0. The van der Waals surface area contributed by atoms with Gasteiger partial charge in [-0.05, 0) is 42.5 Å². The van der Waals surface area contributed by atoms with Crippen molar-refractivity contribution in [2.75, 3.05) is 12.3 Å². The van der Waals surface area contributed by atoms with Gasteiger partial charge in [0.25, 0.3) is 0 Å². The number of halogens is 1. The van der Waals surface area contributed by atoms with E-state index in [4.69, 9.17) is 10.5 Å². The van der Waals surface area contributed by atoms with Gasteiger partial charge in [-0.1, -0.05) is 0 Å². The average Bonchev–Trinajstić information content (AvgIpc) is 2.81. The summed E-state index contributed by atoms with van der Waals surface area (Å²) in [5.74, 6) is 0.0868. The lowest BCUT2D eigenvalue weighted by atomic mass is 10.2. The zero-order valence-corrected chi connectivity index (χ0v) is 10.9. The lowest BCUT2D eigenvalue weighted by Gasteiger charge is -2.12. The van der Waals surface area contributed by atoms with Gasteiger partial charge in [-0.3, -0.25) is 0 Å². The Morgan fingerprint density at radius 3 is 2.95 bits per heavy atom. The van der Waals surface area contributed by atoms with Gasteiger partial charge >= 0.3 is 0 Å². The van der Waals surface area contributed by atoms with E-state index in [9.17, 15) is 4.39 Å². The molecule has 0 saturated heterocycles. The molecule has 19 heavy (non-hydrogen) atoms. The summed E-state index contributed by atoms with van der Waals surface area (Å²) in [5, 5.41) is 11.5. The maximum atomic E-state index is 13.1. The molecule has 0 spiro atoms. The summed E-state index contributed by atoms with van der Waals surface area (Å²) in [7, 11) is 0. The van der Waals surface area contributed by atoms with Crippen molar-refractivity contribution in [1.82, 2.24) is 20.2 Å². The zero-order valence-electron chi connectivity index (χ0n) is 10.9. The molecule has 6 nitrogen and oxygen atoms in total. The molecule has 7 heteroatoms. The molecule has 102 valence electrons. The number of tetrazole rings is 1. The van der Waals surface area contributed by atoms with Crippen LogP contribution >= 0.6 is 0 Å². The first-order valence-electron chi connectivity index (χ1n) is 6.05. The molecule has 0 fully saturated rings. The second kappa shape index (κ2) is 5.75. The van der Waals surface area contributed by atoms with Gasteiger partial charge < -0.3 is 10.5 Å². The van der Waals surface area contributed by atoms with Crippen LogP contribution in [0.5, 0.6) is 0 Å². The Labute approximate surface area is 110 Å². The van der Waals surface area contributed by atoms with E-state index >= 15 is 0 Å². The SMILES string of the molecule is CCOC(C)Cn1nnnc1-c1ccc(F)c(N)c1. The summed E-state index contributed by atoms with van der Waals surface area (Å²) in [4.78, 5) is 0. The molecule has 2 aromatic rings. The van der Waals surface area contributed by atoms with Crippen LogP contribution in [0.4, 0.5) is 10.1 Å². The van der Waals surface area contributed by atoms with Crippen LogP contribution in [0.15, 0.2) is 18.2 Å². The van der Waals surface area contributed by atoms with E-state index in [2.05, 4.69) is 15.5 Å². The van der Waals surface area contributed by atoms with Crippen molar-refractivity contribution in [2.24, 2.45) is 0 Å². The Hall–Kier alpha value is -2.02. The van der Waals surface area contributed by atoms with E-state index in [0.29, 0.717) is 24.5 Å². The first-order chi connectivity index (χ1) is 9.11. The molecule has 1 aromatic carbocycles. The third kappa shape index (κ3) is 3.05. The second-order valence-corrected chi connectivity index (χ2v) is 4.19. The summed E-state index contributed by atoms with van der Waals surface area (Å²) in [6.07, 6.45) is -0.00922. The minimum Gasteiger partial charge on any atom is -0.396 e. The Bertz CT molecular complexity index is 557. The van der Waals surface area contributed by atoms with E-state index in [-0.39, 0.29) is 11.8 Å². The van der Waals surface area contributed by atoms with Gasteiger partial charge in [-0.25, -0.2) is 9.07 Å². The number of nitrogens with zero attached hydrogens (tertiary/aromatic N) is 4. The molecule has 0 aliphatic rings. The molecule has 0 amide bonds. The van der Waals surface area contributed by atoms with Crippen LogP contribution < -0.4 is 5.73 Å². The summed E-state index contributed by atoms with van der Waals surface area (Å²) in [6.45, 7) is 5.02. The number of nitrogens with two attached hydrogens (primary N) is 1. The third-order valence-electron chi connectivity index (χ3n) is 2.67. The summed E-state index contributed by atoms with van der Waals surface area (Å²) < 4.78 is 20.2. The molecular formula is C12H16FN5O. The normalized spacial score (nSPS) is 12.6. The fourth-order valence-corrected chi connectivity index (χ4v) is 1.80. The quantitative estimate of drug-likeness (QED) is 0.828. The van der Waals surface area contributed by atoms with Crippen molar-refractivity contribution in [3.05, 3.63) is 24.0 Å². The van der Waals surface area contributed by atoms with Crippen molar-refractivity contribution < 1.29 is 9.13 Å². The maximum absolute atomic E-state index is 13.1. The predicted molar refractivity (Wildman–Crippen MR) is 68.7 cm³/mol. The van der Waals surface area contributed by atoms with Gasteiger partial charge in [-0.2, -0.15) is 0 Å². The number of ether oxygens (including phenoxy) is 1. The highest BCUT2D eigenvalue weighted by atomic mass is 19.1. The minimum atomic E-state index is -0.453. The highest BCUT2D eigenvalue weighted by Gasteiger charge is 2.13. The lowest BCUT2D eigenvalue weighted by molar-refractivity contribution is 0.0614. The van der Waals surface area contributed by atoms with Crippen LogP contribution in [-0.2, 0) is 11.3 Å². The lowest BCUT2D eigenvalue weighted by Crippen LogP contribution is -2.18. The van der Waals surface area contributed by atoms with Gasteiger partial charge in [0, 0.05) is 12.2 Å². The van der Waals surface area contributed by atoms with Gasteiger partial charge in [0.1, 0.15) is 5.82 Å². The topological polar surface area (TPSA) is 78.8 Å². The van der Waals surface area contributed by atoms with Crippen molar-refractivity contribution >= 4 is 5.69 Å². The molecule has 1 heterocycles. The first kappa shape index (κ1) is 13.4. The van der Waals surface area contributed by atoms with E-state index in [0.717, 1.165) is 0 Å². The highest BCUT2D eigenvalue weighted by Crippen LogP contribution is 2.21. The molecule has 0 bridgehead atoms. The second-order valence-electron chi connectivity index (χ2n) is 4.19. The predicted octanol–water partition coefficient (Wildman–Crippen LogP) is 1.49.